The lowest BCUT2D eigenvalue weighted by Gasteiger charge is -2.08. The number of nitro benzene ring substituents is 1. The number of methoxy groups -OCH3 is 2. The molecule has 2 aromatic rings. The van der Waals surface area contributed by atoms with E-state index in [1.54, 1.807) is 0 Å². The summed E-state index contributed by atoms with van der Waals surface area (Å²) in [7, 11) is 2.40. The standard InChI is InChI=1S/C15H14N2O7S/c1-22-14(18)11-10(12(15(19)23-2)25-13(11)16)7-24-9-5-3-8(4-6-9)17(20)21/h3-6H,7,16H2,1-2H3. The number of carbonyl (C=O) groups excluding carboxylic acids is 2. The Morgan fingerprint density at radius 1 is 1.16 bits per heavy atom. The Morgan fingerprint density at radius 3 is 2.28 bits per heavy atom. The monoisotopic (exact) mass is 366 g/mol. The number of nitrogens with two attached hydrogens (primary N) is 1. The van der Waals surface area contributed by atoms with Crippen molar-refractivity contribution in [1.29, 1.82) is 0 Å². The highest BCUT2D eigenvalue weighted by molar-refractivity contribution is 7.18. The number of nitrogens with zero attached hydrogens (tertiary/aromatic N) is 1. The third-order valence-corrected chi connectivity index (χ3v) is 4.27. The van der Waals surface area contributed by atoms with Gasteiger partial charge in [-0.1, -0.05) is 0 Å². The Labute approximate surface area is 146 Å². The predicted octanol–water partition coefficient (Wildman–Crippen LogP) is 2.39. The van der Waals surface area contributed by atoms with Crippen molar-refractivity contribution in [3.05, 3.63) is 50.4 Å². The summed E-state index contributed by atoms with van der Waals surface area (Å²) in [5, 5.41) is 10.8. The first-order chi connectivity index (χ1) is 11.9. The second kappa shape index (κ2) is 7.62. The van der Waals surface area contributed by atoms with Crippen molar-refractivity contribution in [2.24, 2.45) is 0 Å². The summed E-state index contributed by atoms with van der Waals surface area (Å²) in [4.78, 5) is 34.1. The number of thiophene rings is 1. The van der Waals surface area contributed by atoms with Gasteiger partial charge < -0.3 is 19.9 Å². The maximum Gasteiger partial charge on any atom is 0.348 e. The first kappa shape index (κ1) is 18.2. The average molecular weight is 366 g/mol. The molecule has 0 aliphatic heterocycles. The zero-order chi connectivity index (χ0) is 18.6. The molecule has 0 aliphatic rings. The Hall–Kier alpha value is -3.14. The lowest BCUT2D eigenvalue weighted by molar-refractivity contribution is -0.384. The average Bonchev–Trinajstić information content (AvgIpc) is 2.95. The third-order valence-electron chi connectivity index (χ3n) is 3.23. The number of anilines is 1. The summed E-state index contributed by atoms with van der Waals surface area (Å²) >= 11 is 0.892. The van der Waals surface area contributed by atoms with Gasteiger partial charge in [0.15, 0.2) is 0 Å². The number of esters is 2. The minimum atomic E-state index is -0.703. The van der Waals surface area contributed by atoms with Crippen molar-refractivity contribution in [2.45, 2.75) is 6.61 Å². The molecule has 0 saturated carbocycles. The summed E-state index contributed by atoms with van der Waals surface area (Å²) in [6.07, 6.45) is 0. The molecule has 0 amide bonds. The van der Waals surface area contributed by atoms with Gasteiger partial charge in [-0.25, -0.2) is 9.59 Å². The van der Waals surface area contributed by atoms with E-state index in [1.165, 1.54) is 38.5 Å². The molecule has 0 atom stereocenters. The summed E-state index contributed by atoms with van der Waals surface area (Å²) in [6.45, 7) is -0.166. The number of hydrogen-bond donors (Lipinski definition) is 1. The number of carbonyl (C=O) groups is 2. The number of non-ortho nitro benzene ring substituents is 1. The molecule has 0 unspecified atom stereocenters. The molecule has 0 radical (unpaired) electrons. The Bertz CT molecular complexity index is 814. The van der Waals surface area contributed by atoms with Crippen molar-refractivity contribution < 1.29 is 28.7 Å². The van der Waals surface area contributed by atoms with Crippen LogP contribution in [-0.4, -0.2) is 31.1 Å². The predicted molar refractivity (Wildman–Crippen MR) is 88.8 cm³/mol. The molecule has 1 aromatic heterocycles. The highest BCUT2D eigenvalue weighted by Gasteiger charge is 2.27. The quantitative estimate of drug-likeness (QED) is 0.468. The molecule has 0 spiro atoms. The number of nitro groups is 1. The van der Waals surface area contributed by atoms with E-state index in [4.69, 9.17) is 10.5 Å². The SMILES string of the molecule is COC(=O)c1sc(N)c(C(=O)OC)c1COc1ccc([N+](=O)[O-])cc1. The second-order valence-corrected chi connectivity index (χ2v) is 5.72. The molecule has 1 heterocycles. The summed E-state index contributed by atoms with van der Waals surface area (Å²) in [6, 6.07) is 5.37. The van der Waals surface area contributed by atoms with Crippen LogP contribution in [0.5, 0.6) is 5.75 Å². The van der Waals surface area contributed by atoms with E-state index < -0.39 is 16.9 Å². The Kier molecular flexibility index (Phi) is 5.55. The van der Waals surface area contributed by atoms with Gasteiger partial charge in [-0.2, -0.15) is 0 Å². The zero-order valence-electron chi connectivity index (χ0n) is 13.3. The van der Waals surface area contributed by atoms with Gasteiger partial charge in [0.05, 0.1) is 19.1 Å². The lowest BCUT2D eigenvalue weighted by Crippen LogP contribution is -2.11. The van der Waals surface area contributed by atoms with Crippen molar-refractivity contribution in [3.63, 3.8) is 0 Å². The van der Waals surface area contributed by atoms with Gasteiger partial charge in [0.2, 0.25) is 0 Å². The summed E-state index contributed by atoms with van der Waals surface area (Å²) in [5.74, 6) is -1.04. The van der Waals surface area contributed by atoms with E-state index in [2.05, 4.69) is 9.47 Å². The molecular formula is C15H14N2O7S. The van der Waals surface area contributed by atoms with Gasteiger partial charge in [0, 0.05) is 17.7 Å². The maximum absolute atomic E-state index is 11.9. The molecule has 1 aromatic carbocycles. The van der Waals surface area contributed by atoms with Gasteiger partial charge in [0.25, 0.3) is 5.69 Å². The first-order valence-electron chi connectivity index (χ1n) is 6.84. The number of ether oxygens (including phenoxy) is 3. The van der Waals surface area contributed by atoms with E-state index >= 15 is 0 Å². The largest absolute Gasteiger partial charge is 0.489 e. The minimum Gasteiger partial charge on any atom is -0.489 e. The van der Waals surface area contributed by atoms with Crippen LogP contribution in [0.25, 0.3) is 0 Å². The molecule has 0 saturated heterocycles. The van der Waals surface area contributed by atoms with Crippen LogP contribution in [0, 0.1) is 10.1 Å². The van der Waals surface area contributed by atoms with Crippen LogP contribution >= 0.6 is 11.3 Å². The van der Waals surface area contributed by atoms with E-state index in [0.29, 0.717) is 5.75 Å². The number of hydrogen-bond acceptors (Lipinski definition) is 9. The van der Waals surface area contributed by atoms with Crippen molar-refractivity contribution in [1.82, 2.24) is 0 Å². The highest BCUT2D eigenvalue weighted by atomic mass is 32.1. The smallest absolute Gasteiger partial charge is 0.348 e. The van der Waals surface area contributed by atoms with Crippen LogP contribution in [0.4, 0.5) is 10.7 Å². The number of rotatable bonds is 6. The van der Waals surface area contributed by atoms with Gasteiger partial charge in [0.1, 0.15) is 27.8 Å². The summed E-state index contributed by atoms with van der Waals surface area (Å²) in [5.41, 5.74) is 6.00. The highest BCUT2D eigenvalue weighted by Crippen LogP contribution is 2.33. The molecule has 0 fully saturated rings. The molecule has 2 rings (SSSR count). The lowest BCUT2D eigenvalue weighted by atomic mass is 10.1. The topological polar surface area (TPSA) is 131 Å². The van der Waals surface area contributed by atoms with Gasteiger partial charge in [-0.05, 0) is 12.1 Å². The van der Waals surface area contributed by atoms with Crippen LogP contribution in [0.3, 0.4) is 0 Å². The van der Waals surface area contributed by atoms with E-state index in [-0.39, 0.29) is 33.3 Å². The van der Waals surface area contributed by atoms with Crippen LogP contribution in [-0.2, 0) is 16.1 Å². The fourth-order valence-corrected chi connectivity index (χ4v) is 3.00. The molecule has 132 valence electrons. The minimum absolute atomic E-state index is 0.0369. The molecule has 0 aliphatic carbocycles. The van der Waals surface area contributed by atoms with Crippen LogP contribution in [0.15, 0.2) is 24.3 Å². The number of nitrogen functional groups attached to an aromatic ring is 1. The third kappa shape index (κ3) is 3.86. The van der Waals surface area contributed by atoms with Crippen molar-refractivity contribution in [2.75, 3.05) is 20.0 Å². The molecule has 0 bridgehead atoms. The fourth-order valence-electron chi connectivity index (χ4n) is 2.03. The van der Waals surface area contributed by atoms with Crippen LogP contribution < -0.4 is 10.5 Å². The molecule has 25 heavy (non-hydrogen) atoms. The zero-order valence-corrected chi connectivity index (χ0v) is 14.1. The van der Waals surface area contributed by atoms with E-state index in [9.17, 15) is 19.7 Å². The van der Waals surface area contributed by atoms with Crippen molar-refractivity contribution in [3.8, 4) is 5.75 Å². The molecule has 2 N–H and O–H groups in total. The van der Waals surface area contributed by atoms with Gasteiger partial charge >= 0.3 is 11.9 Å². The van der Waals surface area contributed by atoms with Crippen LogP contribution in [0.2, 0.25) is 0 Å². The first-order valence-corrected chi connectivity index (χ1v) is 7.65. The second-order valence-electron chi connectivity index (χ2n) is 4.67. The Balaban J connectivity index is 2.31. The van der Waals surface area contributed by atoms with E-state index in [0.717, 1.165) is 11.3 Å². The molecular weight excluding hydrogens is 352 g/mol. The summed E-state index contributed by atoms with van der Waals surface area (Å²) < 4.78 is 14.9. The Morgan fingerprint density at radius 2 is 1.76 bits per heavy atom. The number of benzene rings is 1. The van der Waals surface area contributed by atoms with Crippen LogP contribution in [0.1, 0.15) is 25.6 Å². The van der Waals surface area contributed by atoms with E-state index in [1.807, 2.05) is 0 Å². The van der Waals surface area contributed by atoms with Gasteiger partial charge in [-0.3, -0.25) is 10.1 Å². The fraction of sp³-hybridized carbons (Fsp3) is 0.200. The molecule has 10 heteroatoms. The van der Waals surface area contributed by atoms with Gasteiger partial charge in [-0.15, -0.1) is 11.3 Å². The maximum atomic E-state index is 11.9. The van der Waals surface area contributed by atoms with Crippen molar-refractivity contribution >= 4 is 34.0 Å². The molecule has 9 nitrogen and oxygen atoms in total. The normalized spacial score (nSPS) is 10.2.